The third-order valence-electron chi connectivity index (χ3n) is 3.00. The maximum absolute atomic E-state index is 5.30. The molecule has 0 fully saturated rings. The van der Waals surface area contributed by atoms with Gasteiger partial charge < -0.3 is 14.8 Å². The summed E-state index contributed by atoms with van der Waals surface area (Å²) in [6.07, 6.45) is 1.74. The molecule has 2 aromatic rings. The number of hydrogen-bond donors (Lipinski definition) is 1. The Bertz CT molecular complexity index is 566. The minimum Gasteiger partial charge on any atom is -0.493 e. The third-order valence-corrected chi connectivity index (χ3v) is 3.00. The van der Waals surface area contributed by atoms with Crippen LogP contribution in [0.5, 0.6) is 11.5 Å². The molecule has 0 aliphatic carbocycles. The predicted molar refractivity (Wildman–Crippen MR) is 72.6 cm³/mol. The van der Waals surface area contributed by atoms with Crippen molar-refractivity contribution >= 4 is 5.69 Å². The highest BCUT2D eigenvalue weighted by Crippen LogP contribution is 2.32. The fourth-order valence-corrected chi connectivity index (χ4v) is 1.83. The van der Waals surface area contributed by atoms with Crippen LogP contribution in [0.25, 0.3) is 0 Å². The molecule has 0 aliphatic rings. The second-order valence-corrected chi connectivity index (χ2v) is 4.22. The van der Waals surface area contributed by atoms with Crippen LogP contribution >= 0.6 is 0 Å². The Kier molecular flexibility index (Phi) is 3.89. The van der Waals surface area contributed by atoms with Gasteiger partial charge in [0.1, 0.15) is 0 Å². The number of nitrogens with one attached hydrogen (secondary N) is 1. The van der Waals surface area contributed by atoms with Crippen molar-refractivity contribution in [3.63, 3.8) is 0 Å². The lowest BCUT2D eigenvalue weighted by Crippen LogP contribution is -2.06. The summed E-state index contributed by atoms with van der Waals surface area (Å²) < 4.78 is 12.3. The molecule has 0 aliphatic heterocycles. The fraction of sp³-hybridized carbons (Fsp3) is 0.385. The van der Waals surface area contributed by atoms with E-state index in [1.165, 1.54) is 0 Å². The number of benzene rings is 1. The van der Waals surface area contributed by atoms with Crippen molar-refractivity contribution < 1.29 is 9.47 Å². The minimum atomic E-state index is 0.653. The van der Waals surface area contributed by atoms with Gasteiger partial charge in [-0.15, -0.1) is 5.10 Å². The first kappa shape index (κ1) is 13.2. The SMILES string of the molecule is COc1cc(C)c(NCc2cnnn2C)cc1OC. The number of rotatable bonds is 5. The first-order valence-corrected chi connectivity index (χ1v) is 5.95. The van der Waals surface area contributed by atoms with Gasteiger partial charge in [0.2, 0.25) is 0 Å². The lowest BCUT2D eigenvalue weighted by atomic mass is 10.1. The molecule has 102 valence electrons. The summed E-state index contributed by atoms with van der Waals surface area (Å²) in [5, 5.41) is 11.1. The van der Waals surface area contributed by atoms with Crippen LogP contribution in [0.2, 0.25) is 0 Å². The van der Waals surface area contributed by atoms with E-state index in [0.717, 1.165) is 22.7 Å². The smallest absolute Gasteiger partial charge is 0.162 e. The molecular formula is C13H18N4O2. The first-order valence-electron chi connectivity index (χ1n) is 5.95. The van der Waals surface area contributed by atoms with Crippen LogP contribution in [0.1, 0.15) is 11.3 Å². The van der Waals surface area contributed by atoms with Gasteiger partial charge in [-0.2, -0.15) is 0 Å². The summed E-state index contributed by atoms with van der Waals surface area (Å²) >= 11 is 0. The van der Waals surface area contributed by atoms with Crippen LogP contribution in [-0.2, 0) is 13.6 Å². The van der Waals surface area contributed by atoms with E-state index in [0.29, 0.717) is 12.3 Å². The summed E-state index contributed by atoms with van der Waals surface area (Å²) in [6.45, 7) is 2.67. The molecule has 0 atom stereocenters. The van der Waals surface area contributed by atoms with Crippen molar-refractivity contribution in [3.05, 3.63) is 29.6 Å². The monoisotopic (exact) mass is 262 g/mol. The largest absolute Gasteiger partial charge is 0.493 e. The molecule has 2 rings (SSSR count). The molecule has 0 saturated heterocycles. The first-order chi connectivity index (χ1) is 9.15. The summed E-state index contributed by atoms with van der Waals surface area (Å²) in [5.74, 6) is 1.44. The molecule has 19 heavy (non-hydrogen) atoms. The zero-order chi connectivity index (χ0) is 13.8. The van der Waals surface area contributed by atoms with E-state index in [1.807, 2.05) is 26.1 Å². The van der Waals surface area contributed by atoms with Gasteiger partial charge in [-0.05, 0) is 18.6 Å². The molecule has 0 saturated carbocycles. The maximum atomic E-state index is 5.30. The molecule has 1 aromatic carbocycles. The van der Waals surface area contributed by atoms with Crippen molar-refractivity contribution in [3.8, 4) is 11.5 Å². The molecule has 6 nitrogen and oxygen atoms in total. The van der Waals surface area contributed by atoms with Gasteiger partial charge in [-0.1, -0.05) is 5.21 Å². The average molecular weight is 262 g/mol. The summed E-state index contributed by atoms with van der Waals surface area (Å²) in [6, 6.07) is 3.88. The van der Waals surface area contributed by atoms with Gasteiger partial charge >= 0.3 is 0 Å². The number of aromatic nitrogens is 3. The van der Waals surface area contributed by atoms with Crippen molar-refractivity contribution in [1.29, 1.82) is 0 Å². The van der Waals surface area contributed by atoms with Crippen molar-refractivity contribution in [2.24, 2.45) is 7.05 Å². The van der Waals surface area contributed by atoms with Crippen LogP contribution in [0.15, 0.2) is 18.3 Å². The van der Waals surface area contributed by atoms with Crippen LogP contribution < -0.4 is 14.8 Å². The van der Waals surface area contributed by atoms with Gasteiger partial charge in [0.05, 0.1) is 32.7 Å². The van der Waals surface area contributed by atoms with Crippen molar-refractivity contribution in [1.82, 2.24) is 15.0 Å². The third kappa shape index (κ3) is 2.78. The Morgan fingerprint density at radius 3 is 2.47 bits per heavy atom. The highest BCUT2D eigenvalue weighted by molar-refractivity contribution is 5.60. The number of hydrogen-bond acceptors (Lipinski definition) is 5. The standard InChI is InChI=1S/C13H18N4O2/c1-9-5-12(18-3)13(19-4)6-11(9)14-7-10-8-15-16-17(10)2/h5-6,8,14H,7H2,1-4H3. The molecule has 1 aromatic heterocycles. The summed E-state index contributed by atoms with van der Waals surface area (Å²) in [7, 11) is 5.12. The van der Waals surface area contributed by atoms with E-state index < -0.39 is 0 Å². The maximum Gasteiger partial charge on any atom is 0.162 e. The molecule has 0 spiro atoms. The van der Waals surface area contributed by atoms with E-state index in [-0.39, 0.29) is 0 Å². The zero-order valence-electron chi connectivity index (χ0n) is 11.6. The molecule has 0 unspecified atom stereocenters. The Morgan fingerprint density at radius 2 is 1.89 bits per heavy atom. The van der Waals surface area contributed by atoms with Crippen molar-refractivity contribution in [2.75, 3.05) is 19.5 Å². The molecule has 1 N–H and O–H groups in total. The minimum absolute atomic E-state index is 0.653. The number of nitrogens with zero attached hydrogens (tertiary/aromatic N) is 3. The quantitative estimate of drug-likeness (QED) is 0.889. The second kappa shape index (κ2) is 5.60. The normalized spacial score (nSPS) is 10.3. The summed E-state index contributed by atoms with van der Waals surface area (Å²) in [4.78, 5) is 0. The average Bonchev–Trinajstić information content (AvgIpc) is 2.82. The fourth-order valence-electron chi connectivity index (χ4n) is 1.83. The van der Waals surface area contributed by atoms with Crippen molar-refractivity contribution in [2.45, 2.75) is 13.5 Å². The van der Waals surface area contributed by atoms with Crippen LogP contribution in [-0.4, -0.2) is 29.2 Å². The van der Waals surface area contributed by atoms with E-state index in [4.69, 9.17) is 9.47 Å². The van der Waals surface area contributed by atoms with Gasteiger partial charge in [-0.25, -0.2) is 0 Å². The predicted octanol–water partition coefficient (Wildman–Crippen LogP) is 1.75. The number of aryl methyl sites for hydroxylation is 2. The van der Waals surface area contributed by atoms with Crippen LogP contribution in [0.4, 0.5) is 5.69 Å². The highest BCUT2D eigenvalue weighted by atomic mass is 16.5. The lowest BCUT2D eigenvalue weighted by Gasteiger charge is -2.14. The Labute approximate surface area is 112 Å². The van der Waals surface area contributed by atoms with E-state index in [2.05, 4.69) is 15.6 Å². The topological polar surface area (TPSA) is 61.2 Å². The van der Waals surface area contributed by atoms with Gasteiger partial charge in [-0.3, -0.25) is 4.68 Å². The summed E-state index contributed by atoms with van der Waals surface area (Å²) in [5.41, 5.74) is 3.10. The van der Waals surface area contributed by atoms with Crippen LogP contribution in [0.3, 0.4) is 0 Å². The van der Waals surface area contributed by atoms with E-state index in [1.54, 1.807) is 25.1 Å². The Balaban J connectivity index is 2.18. The molecule has 6 heteroatoms. The molecule has 0 radical (unpaired) electrons. The number of ether oxygens (including phenoxy) is 2. The number of anilines is 1. The molecule has 0 amide bonds. The van der Waals surface area contributed by atoms with Gasteiger partial charge in [0, 0.05) is 18.8 Å². The highest BCUT2D eigenvalue weighted by Gasteiger charge is 2.09. The molecule has 0 bridgehead atoms. The second-order valence-electron chi connectivity index (χ2n) is 4.22. The number of methoxy groups -OCH3 is 2. The van der Waals surface area contributed by atoms with Gasteiger partial charge in [0.25, 0.3) is 0 Å². The Morgan fingerprint density at radius 1 is 1.21 bits per heavy atom. The molecule has 1 heterocycles. The van der Waals surface area contributed by atoms with Crippen LogP contribution in [0, 0.1) is 6.92 Å². The lowest BCUT2D eigenvalue weighted by molar-refractivity contribution is 0.355. The van der Waals surface area contributed by atoms with E-state index in [9.17, 15) is 0 Å². The van der Waals surface area contributed by atoms with E-state index >= 15 is 0 Å². The Hall–Kier alpha value is -2.24. The van der Waals surface area contributed by atoms with Gasteiger partial charge in [0.15, 0.2) is 11.5 Å². The zero-order valence-corrected chi connectivity index (χ0v) is 11.6. The molecular weight excluding hydrogens is 244 g/mol.